The number of methoxy groups -OCH3 is 2. The second-order valence-corrected chi connectivity index (χ2v) is 6.17. The molecule has 3 N–H and O–H groups in total. The summed E-state index contributed by atoms with van der Waals surface area (Å²) in [6.07, 6.45) is 1.70. The molecule has 30 heavy (non-hydrogen) atoms. The molecule has 0 atom stereocenters. The normalized spacial score (nSPS) is 10.7. The Morgan fingerprint density at radius 2 is 1.80 bits per heavy atom. The van der Waals surface area contributed by atoms with Crippen LogP contribution in [0.4, 0.5) is 14.6 Å². The van der Waals surface area contributed by atoms with E-state index in [0.29, 0.717) is 5.39 Å². The number of benzene rings is 2. The third-order valence-electron chi connectivity index (χ3n) is 4.57. The Balaban J connectivity index is 2.17. The van der Waals surface area contributed by atoms with Crippen LogP contribution in [0.25, 0.3) is 32.9 Å². The van der Waals surface area contributed by atoms with Crippen LogP contribution in [-0.4, -0.2) is 34.3 Å². The molecular formula is C21H14F2N4O3. The predicted molar refractivity (Wildman–Crippen MR) is 107 cm³/mol. The highest BCUT2D eigenvalue weighted by atomic mass is 19.1. The minimum Gasteiger partial charge on any atom is -0.480 e. The van der Waals surface area contributed by atoms with E-state index in [0.717, 1.165) is 0 Å². The number of rotatable bonds is 3. The number of hydrogen-bond donors (Lipinski definition) is 2. The lowest BCUT2D eigenvalue weighted by Gasteiger charge is -2.14. The van der Waals surface area contributed by atoms with Gasteiger partial charge in [0.1, 0.15) is 34.3 Å². The molecule has 0 fully saturated rings. The monoisotopic (exact) mass is 408 g/mol. The molecule has 2 aromatic heterocycles. The minimum atomic E-state index is -0.821. The van der Waals surface area contributed by atoms with Crippen LogP contribution < -0.4 is 15.2 Å². The lowest BCUT2D eigenvalue weighted by molar-refractivity contribution is 0.381. The van der Waals surface area contributed by atoms with Gasteiger partial charge in [0, 0.05) is 10.9 Å². The summed E-state index contributed by atoms with van der Waals surface area (Å²) in [5, 5.41) is 9.99. The standard InChI is InChI=1S/C21H14F2N4O3/c1-29-20-15-18(26-21(30-2)27-19(15)24)16(23)17(25-20)12-5-3-4-10-6-7-13(22)11(8-9-28)14(10)12/h3-7,28H,1-2H3,(H2,24,26,27). The number of fused-ring (bicyclic) bond motifs is 2. The molecular weight excluding hydrogens is 394 g/mol. The number of pyridine rings is 1. The number of nitrogens with zero attached hydrogens (tertiary/aromatic N) is 3. The smallest absolute Gasteiger partial charge is 0.318 e. The van der Waals surface area contributed by atoms with E-state index < -0.39 is 11.6 Å². The molecule has 0 aliphatic rings. The molecule has 0 aliphatic heterocycles. The Labute approximate surface area is 169 Å². The Morgan fingerprint density at radius 1 is 1.00 bits per heavy atom. The van der Waals surface area contributed by atoms with Crippen LogP contribution in [0.2, 0.25) is 0 Å². The topological polar surface area (TPSA) is 103 Å². The van der Waals surface area contributed by atoms with Crippen molar-refractivity contribution in [2.24, 2.45) is 0 Å². The molecule has 0 bridgehead atoms. The fourth-order valence-corrected chi connectivity index (χ4v) is 3.29. The fourth-order valence-electron chi connectivity index (χ4n) is 3.29. The largest absolute Gasteiger partial charge is 0.480 e. The second-order valence-electron chi connectivity index (χ2n) is 6.17. The van der Waals surface area contributed by atoms with Gasteiger partial charge in [-0.05, 0) is 17.4 Å². The highest BCUT2D eigenvalue weighted by Gasteiger charge is 2.23. The van der Waals surface area contributed by atoms with Gasteiger partial charge in [-0.3, -0.25) is 0 Å². The lowest BCUT2D eigenvalue weighted by Crippen LogP contribution is -2.05. The third kappa shape index (κ3) is 2.86. The van der Waals surface area contributed by atoms with Gasteiger partial charge in [0.2, 0.25) is 5.88 Å². The molecule has 150 valence electrons. The Morgan fingerprint density at radius 3 is 2.50 bits per heavy atom. The molecule has 0 radical (unpaired) electrons. The first-order valence-corrected chi connectivity index (χ1v) is 8.61. The molecule has 0 saturated carbocycles. The molecule has 4 rings (SSSR count). The van der Waals surface area contributed by atoms with Crippen molar-refractivity contribution in [2.75, 3.05) is 20.0 Å². The van der Waals surface area contributed by atoms with Crippen molar-refractivity contribution < 1.29 is 23.4 Å². The van der Waals surface area contributed by atoms with Crippen molar-refractivity contribution in [2.45, 2.75) is 0 Å². The van der Waals surface area contributed by atoms with Gasteiger partial charge in [0.25, 0.3) is 0 Å². The first kappa shape index (κ1) is 19.1. The Bertz CT molecular complexity index is 1380. The molecule has 0 aliphatic carbocycles. The summed E-state index contributed by atoms with van der Waals surface area (Å²) in [6, 6.07) is 7.54. The first-order chi connectivity index (χ1) is 14.5. The zero-order chi connectivity index (χ0) is 21.4. The number of nitrogens with two attached hydrogens (primary N) is 1. The quantitative estimate of drug-likeness (QED) is 0.501. The summed E-state index contributed by atoms with van der Waals surface area (Å²) in [6.45, 7) is 0. The Kier molecular flexibility index (Phi) is 4.68. The van der Waals surface area contributed by atoms with Crippen LogP contribution in [0.15, 0.2) is 30.3 Å². The van der Waals surface area contributed by atoms with E-state index in [9.17, 15) is 4.39 Å². The second kappa shape index (κ2) is 7.33. The molecule has 0 unspecified atom stereocenters. The van der Waals surface area contributed by atoms with Crippen LogP contribution >= 0.6 is 0 Å². The zero-order valence-electron chi connectivity index (χ0n) is 15.8. The average Bonchev–Trinajstić information content (AvgIpc) is 2.76. The fraction of sp³-hybridized carbons (Fsp3) is 0.0952. The molecule has 7 nitrogen and oxygen atoms in total. The van der Waals surface area contributed by atoms with Crippen molar-refractivity contribution in [1.82, 2.24) is 15.0 Å². The maximum atomic E-state index is 15.6. The number of aliphatic hydroxyl groups is 1. The molecule has 4 aromatic rings. The molecule has 0 amide bonds. The minimum absolute atomic E-state index is 0.00949. The van der Waals surface area contributed by atoms with Gasteiger partial charge in [0.05, 0.1) is 19.8 Å². The van der Waals surface area contributed by atoms with Gasteiger partial charge in [-0.15, -0.1) is 0 Å². The van der Waals surface area contributed by atoms with E-state index in [1.54, 1.807) is 24.3 Å². The number of anilines is 1. The molecule has 2 aromatic carbocycles. The average molecular weight is 408 g/mol. The van der Waals surface area contributed by atoms with Gasteiger partial charge < -0.3 is 20.3 Å². The van der Waals surface area contributed by atoms with Crippen LogP contribution in [0.1, 0.15) is 5.56 Å². The zero-order valence-corrected chi connectivity index (χ0v) is 15.8. The maximum Gasteiger partial charge on any atom is 0.318 e. The molecule has 0 spiro atoms. The van der Waals surface area contributed by atoms with Crippen molar-refractivity contribution in [3.05, 3.63) is 47.5 Å². The summed E-state index contributed by atoms with van der Waals surface area (Å²) in [5.74, 6) is 0.758. The van der Waals surface area contributed by atoms with Crippen molar-refractivity contribution in [1.29, 1.82) is 0 Å². The van der Waals surface area contributed by atoms with E-state index in [1.807, 2.05) is 0 Å². The summed E-state index contributed by atoms with van der Waals surface area (Å²) in [4.78, 5) is 12.2. The number of nitrogen functional groups attached to an aromatic ring is 1. The molecule has 2 heterocycles. The third-order valence-corrected chi connectivity index (χ3v) is 4.57. The van der Waals surface area contributed by atoms with Gasteiger partial charge in [-0.1, -0.05) is 24.3 Å². The predicted octanol–water partition coefficient (Wildman–Crippen LogP) is 3.40. The van der Waals surface area contributed by atoms with E-state index >= 15 is 4.39 Å². The van der Waals surface area contributed by atoms with Crippen LogP contribution in [0.3, 0.4) is 0 Å². The summed E-state index contributed by atoms with van der Waals surface area (Å²) >= 11 is 0. The number of hydrogen-bond acceptors (Lipinski definition) is 7. The summed E-state index contributed by atoms with van der Waals surface area (Å²) in [7, 11) is 2.67. The van der Waals surface area contributed by atoms with E-state index in [4.69, 9.17) is 20.3 Å². The summed E-state index contributed by atoms with van der Waals surface area (Å²) in [5.41, 5.74) is 5.75. The summed E-state index contributed by atoms with van der Waals surface area (Å²) < 4.78 is 40.3. The highest BCUT2D eigenvalue weighted by Crippen LogP contribution is 2.38. The van der Waals surface area contributed by atoms with E-state index in [1.165, 1.54) is 26.4 Å². The van der Waals surface area contributed by atoms with Crippen LogP contribution in [0, 0.1) is 23.7 Å². The van der Waals surface area contributed by atoms with Crippen molar-refractivity contribution in [3.8, 4) is 35.2 Å². The number of halogens is 2. The van der Waals surface area contributed by atoms with Gasteiger partial charge >= 0.3 is 6.01 Å². The number of aromatic nitrogens is 3. The van der Waals surface area contributed by atoms with Gasteiger partial charge in [0.15, 0.2) is 5.82 Å². The molecule has 0 saturated heterocycles. The van der Waals surface area contributed by atoms with Gasteiger partial charge in [-0.2, -0.15) is 9.97 Å². The number of aliphatic hydroxyl groups excluding tert-OH is 1. The van der Waals surface area contributed by atoms with Crippen molar-refractivity contribution in [3.63, 3.8) is 0 Å². The lowest BCUT2D eigenvalue weighted by atomic mass is 9.96. The molecule has 9 heteroatoms. The van der Waals surface area contributed by atoms with Crippen LogP contribution in [0.5, 0.6) is 11.9 Å². The first-order valence-electron chi connectivity index (χ1n) is 8.61. The van der Waals surface area contributed by atoms with Crippen LogP contribution in [-0.2, 0) is 0 Å². The Hall–Kier alpha value is -4.19. The SMILES string of the molecule is COc1nc(N)c2c(OC)nc(-c3cccc4ccc(F)c(C#CO)c34)c(F)c2n1. The van der Waals surface area contributed by atoms with Crippen molar-refractivity contribution >= 4 is 27.5 Å². The van der Waals surface area contributed by atoms with E-state index in [-0.39, 0.29) is 50.8 Å². The van der Waals surface area contributed by atoms with E-state index in [2.05, 4.69) is 20.9 Å². The maximum absolute atomic E-state index is 15.6. The highest BCUT2D eigenvalue weighted by molar-refractivity contribution is 6.03. The number of ether oxygens (including phenoxy) is 2. The van der Waals surface area contributed by atoms with Gasteiger partial charge in [-0.25, -0.2) is 13.8 Å².